The van der Waals surface area contributed by atoms with E-state index in [1.54, 1.807) is 6.07 Å². The molecule has 1 atom stereocenters. The van der Waals surface area contributed by atoms with Crippen molar-refractivity contribution in [2.45, 2.75) is 11.3 Å². The van der Waals surface area contributed by atoms with E-state index in [-0.39, 0.29) is 10.8 Å². The zero-order valence-electron chi connectivity index (χ0n) is 13.5. The number of benzene rings is 2. The molecule has 1 heterocycles. The smallest absolute Gasteiger partial charge is 0.228 e. The third-order valence-corrected chi connectivity index (χ3v) is 5.18. The Hall–Kier alpha value is -2.36. The third-order valence-electron chi connectivity index (χ3n) is 3.89. The van der Waals surface area contributed by atoms with Gasteiger partial charge < -0.3 is 14.4 Å². The summed E-state index contributed by atoms with van der Waals surface area (Å²) in [7, 11) is -4.52. The van der Waals surface area contributed by atoms with Gasteiger partial charge in [-0.15, -0.1) is 0 Å². The van der Waals surface area contributed by atoms with Gasteiger partial charge in [-0.25, -0.2) is 8.42 Å². The Morgan fingerprint density at radius 1 is 1.19 bits per heavy atom. The largest absolute Gasteiger partial charge is 0.744 e. The number of rotatable bonds is 6. The zero-order valence-corrected chi connectivity index (χ0v) is 15.2. The molecule has 0 saturated carbocycles. The van der Waals surface area contributed by atoms with Crippen LogP contribution in [0.4, 0.5) is 5.69 Å². The summed E-state index contributed by atoms with van der Waals surface area (Å²) in [6, 6.07) is 12.4. The van der Waals surface area contributed by atoms with Crippen LogP contribution < -0.4 is 5.32 Å². The first-order valence-electron chi connectivity index (χ1n) is 7.69. The molecule has 0 spiro atoms. The number of para-hydroxylation sites is 1. The van der Waals surface area contributed by atoms with E-state index in [0.717, 1.165) is 17.5 Å². The Labute approximate surface area is 155 Å². The van der Waals surface area contributed by atoms with Gasteiger partial charge in [0.25, 0.3) is 0 Å². The van der Waals surface area contributed by atoms with Gasteiger partial charge in [-0.1, -0.05) is 17.3 Å². The van der Waals surface area contributed by atoms with E-state index in [0.29, 0.717) is 29.1 Å². The molecule has 136 valence electrons. The van der Waals surface area contributed by atoms with Gasteiger partial charge in [-0.2, -0.15) is 12.6 Å². The number of carbonyl (C=O) groups excluding carboxylic acids is 1. The van der Waals surface area contributed by atoms with Gasteiger partial charge in [0.15, 0.2) is 5.58 Å². The van der Waals surface area contributed by atoms with Crippen molar-refractivity contribution < 1.29 is 22.3 Å². The average molecular weight is 391 g/mol. The van der Waals surface area contributed by atoms with Crippen molar-refractivity contribution in [3.63, 3.8) is 0 Å². The van der Waals surface area contributed by atoms with Crippen LogP contribution in [0.25, 0.3) is 11.0 Å². The molecule has 1 amide bonds. The fraction of sp³-hybridized carbons (Fsp3) is 0.176. The summed E-state index contributed by atoms with van der Waals surface area (Å²) in [5.74, 6) is -0.459. The second-order valence-corrected chi connectivity index (χ2v) is 7.42. The zero-order chi connectivity index (χ0) is 18.7. The Morgan fingerprint density at radius 2 is 1.88 bits per heavy atom. The Kier molecular flexibility index (Phi) is 5.30. The quantitative estimate of drug-likeness (QED) is 0.493. The summed E-state index contributed by atoms with van der Waals surface area (Å²) in [6.45, 7) is 0. The third kappa shape index (κ3) is 4.06. The molecule has 2 aromatic carbocycles. The number of anilines is 1. The first kappa shape index (κ1) is 18.4. The van der Waals surface area contributed by atoms with Crippen LogP contribution in [0, 0.1) is 5.92 Å². The normalized spacial score (nSPS) is 12.8. The lowest BCUT2D eigenvalue weighted by Gasteiger charge is -2.14. The van der Waals surface area contributed by atoms with E-state index in [4.69, 9.17) is 4.52 Å². The van der Waals surface area contributed by atoms with Gasteiger partial charge >= 0.3 is 0 Å². The number of amides is 1. The maximum absolute atomic E-state index is 12.5. The Morgan fingerprint density at radius 3 is 2.54 bits per heavy atom. The van der Waals surface area contributed by atoms with Crippen molar-refractivity contribution in [2.75, 3.05) is 11.1 Å². The molecular weight excluding hydrogens is 376 g/mol. The van der Waals surface area contributed by atoms with Gasteiger partial charge in [-0.05, 0) is 36.4 Å². The van der Waals surface area contributed by atoms with Gasteiger partial charge in [0.1, 0.15) is 10.1 Å². The molecule has 0 radical (unpaired) electrons. The van der Waals surface area contributed by atoms with E-state index < -0.39 is 16.0 Å². The second kappa shape index (κ2) is 7.48. The summed E-state index contributed by atoms with van der Waals surface area (Å²) in [5.41, 5.74) is 1.71. The van der Waals surface area contributed by atoms with Crippen molar-refractivity contribution in [3.8, 4) is 0 Å². The predicted octanol–water partition coefficient (Wildman–Crippen LogP) is 2.46. The van der Waals surface area contributed by atoms with Gasteiger partial charge in [0, 0.05) is 23.2 Å². The predicted molar refractivity (Wildman–Crippen MR) is 98.1 cm³/mol. The Balaban J connectivity index is 1.73. The van der Waals surface area contributed by atoms with E-state index in [1.807, 2.05) is 18.2 Å². The minimum Gasteiger partial charge on any atom is -0.744 e. The van der Waals surface area contributed by atoms with Crippen molar-refractivity contribution in [3.05, 3.63) is 54.2 Å². The van der Waals surface area contributed by atoms with Crippen LogP contribution in [0.3, 0.4) is 0 Å². The Bertz CT molecular complexity index is 1030. The monoisotopic (exact) mass is 391 g/mol. The SMILES string of the molecule is O=C(Nc1ccc(S(=O)(=O)[O-])cc1)C(CS)Cc1noc2ccccc12. The summed E-state index contributed by atoms with van der Waals surface area (Å²) in [4.78, 5) is 12.1. The minimum atomic E-state index is -4.52. The number of thiol groups is 1. The van der Waals surface area contributed by atoms with E-state index >= 15 is 0 Å². The molecule has 0 aliphatic rings. The standard InChI is InChI=1S/C17H16N2O5S2/c20-17(18-12-5-7-13(8-6-12)26(21,22)23)11(10-25)9-15-14-3-1-2-4-16(14)24-19-15/h1-8,11,25H,9-10H2,(H,18,20)(H,21,22,23)/p-1. The number of hydrogen-bond donors (Lipinski definition) is 2. The van der Waals surface area contributed by atoms with Gasteiger partial charge in [-0.3, -0.25) is 4.79 Å². The number of carbonyl (C=O) groups is 1. The molecule has 3 aromatic rings. The van der Waals surface area contributed by atoms with Gasteiger partial charge in [0.05, 0.1) is 16.5 Å². The summed E-state index contributed by atoms with van der Waals surface area (Å²) >= 11 is 4.24. The van der Waals surface area contributed by atoms with E-state index in [2.05, 4.69) is 23.1 Å². The molecular formula is C17H15N2O5S2-. The van der Waals surface area contributed by atoms with E-state index in [1.165, 1.54) is 12.1 Å². The number of aromatic nitrogens is 1. The fourth-order valence-corrected chi connectivity index (χ4v) is 3.27. The second-order valence-electron chi connectivity index (χ2n) is 5.68. The first-order chi connectivity index (χ1) is 12.4. The van der Waals surface area contributed by atoms with Crippen LogP contribution in [-0.2, 0) is 21.3 Å². The van der Waals surface area contributed by atoms with Crippen molar-refractivity contribution in [1.29, 1.82) is 0 Å². The molecule has 0 aliphatic heterocycles. The number of hydrogen-bond acceptors (Lipinski definition) is 7. The van der Waals surface area contributed by atoms with Crippen LogP contribution in [0.2, 0.25) is 0 Å². The first-order valence-corrected chi connectivity index (χ1v) is 9.73. The molecule has 1 aromatic heterocycles. The lowest BCUT2D eigenvalue weighted by molar-refractivity contribution is -0.119. The molecule has 0 fully saturated rings. The molecule has 7 nitrogen and oxygen atoms in total. The molecule has 1 unspecified atom stereocenters. The molecule has 3 rings (SSSR count). The molecule has 0 bridgehead atoms. The summed E-state index contributed by atoms with van der Waals surface area (Å²) < 4.78 is 38.1. The lowest BCUT2D eigenvalue weighted by Crippen LogP contribution is -2.26. The summed E-state index contributed by atoms with van der Waals surface area (Å²) in [5, 5.41) is 7.55. The maximum atomic E-state index is 12.5. The highest BCUT2D eigenvalue weighted by Crippen LogP contribution is 2.22. The molecule has 0 aliphatic carbocycles. The average Bonchev–Trinajstić information content (AvgIpc) is 3.02. The number of nitrogens with zero attached hydrogens (tertiary/aromatic N) is 1. The molecule has 1 N–H and O–H groups in total. The molecule has 0 saturated heterocycles. The van der Waals surface area contributed by atoms with Crippen molar-refractivity contribution in [2.24, 2.45) is 5.92 Å². The highest BCUT2D eigenvalue weighted by Gasteiger charge is 2.21. The topological polar surface area (TPSA) is 112 Å². The number of fused-ring (bicyclic) bond motifs is 1. The van der Waals surface area contributed by atoms with Crippen LogP contribution >= 0.6 is 12.6 Å². The minimum absolute atomic E-state index is 0.287. The van der Waals surface area contributed by atoms with Crippen molar-refractivity contribution in [1.82, 2.24) is 5.16 Å². The lowest BCUT2D eigenvalue weighted by atomic mass is 10.0. The molecule has 26 heavy (non-hydrogen) atoms. The van der Waals surface area contributed by atoms with Crippen LogP contribution in [0.15, 0.2) is 57.9 Å². The van der Waals surface area contributed by atoms with Crippen LogP contribution in [-0.4, -0.2) is 29.8 Å². The molecule has 9 heteroatoms. The van der Waals surface area contributed by atoms with Crippen LogP contribution in [0.1, 0.15) is 5.69 Å². The number of nitrogens with one attached hydrogen (secondary N) is 1. The fourth-order valence-electron chi connectivity index (χ4n) is 2.51. The van der Waals surface area contributed by atoms with Gasteiger partial charge in [0.2, 0.25) is 5.91 Å². The van der Waals surface area contributed by atoms with Crippen LogP contribution in [0.5, 0.6) is 0 Å². The highest BCUT2D eigenvalue weighted by molar-refractivity contribution is 7.85. The van der Waals surface area contributed by atoms with E-state index in [9.17, 15) is 17.8 Å². The van der Waals surface area contributed by atoms with Crippen molar-refractivity contribution >= 4 is 45.3 Å². The highest BCUT2D eigenvalue weighted by atomic mass is 32.2. The summed E-state index contributed by atoms with van der Waals surface area (Å²) in [6.07, 6.45) is 0.347. The maximum Gasteiger partial charge on any atom is 0.228 e.